The van der Waals surface area contributed by atoms with Crippen LogP contribution >= 0.6 is 11.3 Å². The van der Waals surface area contributed by atoms with Crippen molar-refractivity contribution in [3.63, 3.8) is 0 Å². The van der Waals surface area contributed by atoms with Crippen LogP contribution in [0, 0.1) is 0 Å². The molecular weight excluding hydrogens is 194 g/mol. The highest BCUT2D eigenvalue weighted by Crippen LogP contribution is 2.21. The third kappa shape index (κ3) is 2.66. The van der Waals surface area contributed by atoms with Gasteiger partial charge in [-0.3, -0.25) is 0 Å². The molecule has 1 N–H and O–H groups in total. The van der Waals surface area contributed by atoms with E-state index in [4.69, 9.17) is 0 Å². The second-order valence-corrected chi connectivity index (χ2v) is 4.72. The maximum atomic E-state index is 9.59. The van der Waals surface area contributed by atoms with Crippen LogP contribution in [0.1, 0.15) is 30.7 Å². The van der Waals surface area contributed by atoms with E-state index in [0.29, 0.717) is 0 Å². The van der Waals surface area contributed by atoms with Crippen molar-refractivity contribution in [1.82, 2.24) is 4.98 Å². The maximum absolute atomic E-state index is 9.59. The highest BCUT2D eigenvalue weighted by atomic mass is 32.1. The number of nitrogens with zero attached hydrogens (tertiary/aromatic N) is 1. The lowest BCUT2D eigenvalue weighted by Crippen LogP contribution is -2.01. The quantitative estimate of drug-likeness (QED) is 0.759. The van der Waals surface area contributed by atoms with Gasteiger partial charge in [-0.25, -0.2) is 4.98 Å². The summed E-state index contributed by atoms with van der Waals surface area (Å²) < 4.78 is 0. The summed E-state index contributed by atoms with van der Waals surface area (Å²) in [4.78, 5) is 4.26. The minimum Gasteiger partial charge on any atom is -0.389 e. The van der Waals surface area contributed by atoms with Gasteiger partial charge in [0, 0.05) is 18.0 Å². The lowest BCUT2D eigenvalue weighted by Gasteiger charge is -2.03. The van der Waals surface area contributed by atoms with Gasteiger partial charge in [-0.05, 0) is 19.3 Å². The Morgan fingerprint density at radius 1 is 1.50 bits per heavy atom. The monoisotopic (exact) mass is 209 g/mol. The topological polar surface area (TPSA) is 33.1 Å². The van der Waals surface area contributed by atoms with Crippen molar-refractivity contribution in [2.24, 2.45) is 0 Å². The first-order chi connectivity index (χ1) is 6.84. The summed E-state index contributed by atoms with van der Waals surface area (Å²) in [7, 11) is 0. The van der Waals surface area contributed by atoms with Crippen LogP contribution in [-0.2, 0) is 6.42 Å². The second-order valence-electron chi connectivity index (χ2n) is 3.74. The summed E-state index contributed by atoms with van der Waals surface area (Å²) in [5.74, 6) is 0. The van der Waals surface area contributed by atoms with Gasteiger partial charge in [-0.1, -0.05) is 18.1 Å². The van der Waals surface area contributed by atoms with Gasteiger partial charge in [-0.2, -0.15) is 0 Å². The number of allylic oxidation sites excluding steroid dienone is 1. The molecule has 1 aromatic heterocycles. The van der Waals surface area contributed by atoms with E-state index in [2.05, 4.69) is 4.98 Å². The molecule has 1 atom stereocenters. The fourth-order valence-electron chi connectivity index (χ4n) is 1.83. The Bertz CT molecular complexity index is 305. The van der Waals surface area contributed by atoms with Gasteiger partial charge < -0.3 is 5.11 Å². The van der Waals surface area contributed by atoms with Gasteiger partial charge in [-0.15, -0.1) is 11.3 Å². The molecule has 0 saturated carbocycles. The van der Waals surface area contributed by atoms with Gasteiger partial charge in [0.15, 0.2) is 0 Å². The van der Waals surface area contributed by atoms with Crippen molar-refractivity contribution < 1.29 is 5.11 Å². The van der Waals surface area contributed by atoms with Gasteiger partial charge in [0.25, 0.3) is 0 Å². The molecule has 76 valence electrons. The first-order valence-corrected chi connectivity index (χ1v) is 5.98. The average molecular weight is 209 g/mol. The van der Waals surface area contributed by atoms with Crippen LogP contribution in [0.5, 0.6) is 0 Å². The number of hydrogen-bond donors (Lipinski definition) is 1. The number of thiazole rings is 1. The highest BCUT2D eigenvalue weighted by Gasteiger charge is 2.10. The van der Waals surface area contributed by atoms with E-state index < -0.39 is 0 Å². The summed E-state index contributed by atoms with van der Waals surface area (Å²) >= 11 is 1.69. The minimum atomic E-state index is -0.229. The Labute approximate surface area is 88.3 Å². The zero-order valence-electron chi connectivity index (χ0n) is 8.15. The van der Waals surface area contributed by atoms with Crippen molar-refractivity contribution >= 4 is 11.3 Å². The molecule has 0 bridgehead atoms. The third-order valence-corrected chi connectivity index (χ3v) is 3.32. The average Bonchev–Trinajstić information content (AvgIpc) is 2.56. The number of aliphatic hydroxyl groups is 1. The molecule has 0 amide bonds. The number of aliphatic hydroxyl groups excluding tert-OH is 1. The third-order valence-electron chi connectivity index (χ3n) is 2.54. The fraction of sp³-hybridized carbons (Fsp3) is 0.545. The van der Waals surface area contributed by atoms with Crippen LogP contribution in [0.3, 0.4) is 0 Å². The maximum Gasteiger partial charge on any atom is 0.0965 e. The Kier molecular flexibility index (Phi) is 3.32. The Morgan fingerprint density at radius 2 is 2.43 bits per heavy atom. The SMILES string of the molecule is OC1C=C(Cc2nccs2)CCCC1. The van der Waals surface area contributed by atoms with Gasteiger partial charge >= 0.3 is 0 Å². The van der Waals surface area contributed by atoms with Crippen LogP contribution in [0.2, 0.25) is 0 Å². The molecule has 0 spiro atoms. The molecule has 14 heavy (non-hydrogen) atoms. The summed E-state index contributed by atoms with van der Waals surface area (Å²) in [6.45, 7) is 0. The normalized spacial score (nSPS) is 22.9. The lowest BCUT2D eigenvalue weighted by atomic mass is 10.1. The van der Waals surface area contributed by atoms with Gasteiger partial charge in [0.05, 0.1) is 11.1 Å². The predicted octanol–water partition coefficient (Wildman–Crippen LogP) is 2.55. The molecule has 1 heterocycles. The molecule has 2 rings (SSSR count). The molecule has 0 radical (unpaired) electrons. The Morgan fingerprint density at radius 3 is 3.21 bits per heavy atom. The van der Waals surface area contributed by atoms with E-state index in [1.807, 2.05) is 17.7 Å². The summed E-state index contributed by atoms with van der Waals surface area (Å²) in [6.07, 6.45) is 8.94. The Balaban J connectivity index is 2.02. The predicted molar refractivity (Wildman–Crippen MR) is 58.4 cm³/mol. The molecule has 3 heteroatoms. The van der Waals surface area contributed by atoms with Gasteiger partial charge in [0.1, 0.15) is 0 Å². The number of rotatable bonds is 2. The number of hydrogen-bond acceptors (Lipinski definition) is 3. The standard InChI is InChI=1S/C11H15NOS/c13-10-4-2-1-3-9(7-10)8-11-12-5-6-14-11/h5-7,10,13H,1-4,8H2. The summed E-state index contributed by atoms with van der Waals surface area (Å²) in [6, 6.07) is 0. The van der Waals surface area contributed by atoms with Crippen molar-refractivity contribution in [3.8, 4) is 0 Å². The number of aromatic nitrogens is 1. The zero-order chi connectivity index (χ0) is 9.80. The second kappa shape index (κ2) is 4.71. The molecule has 2 nitrogen and oxygen atoms in total. The van der Waals surface area contributed by atoms with Gasteiger partial charge in [0.2, 0.25) is 0 Å². The van der Waals surface area contributed by atoms with Crippen molar-refractivity contribution in [3.05, 3.63) is 28.2 Å². The first kappa shape index (κ1) is 9.87. The van der Waals surface area contributed by atoms with Crippen molar-refractivity contribution in [1.29, 1.82) is 0 Å². The lowest BCUT2D eigenvalue weighted by molar-refractivity contribution is 0.211. The molecule has 1 unspecified atom stereocenters. The van der Waals surface area contributed by atoms with Crippen LogP contribution in [-0.4, -0.2) is 16.2 Å². The van der Waals surface area contributed by atoms with Crippen LogP contribution in [0.4, 0.5) is 0 Å². The van der Waals surface area contributed by atoms with E-state index in [1.165, 1.54) is 12.0 Å². The summed E-state index contributed by atoms with van der Waals surface area (Å²) in [5, 5.41) is 12.8. The zero-order valence-corrected chi connectivity index (χ0v) is 8.96. The van der Waals surface area contributed by atoms with E-state index in [1.54, 1.807) is 11.3 Å². The molecule has 0 aromatic carbocycles. The fourth-order valence-corrected chi connectivity index (χ4v) is 2.50. The van der Waals surface area contributed by atoms with E-state index in [-0.39, 0.29) is 6.10 Å². The summed E-state index contributed by atoms with van der Waals surface area (Å²) in [5.41, 5.74) is 1.35. The van der Waals surface area contributed by atoms with E-state index in [9.17, 15) is 5.11 Å². The van der Waals surface area contributed by atoms with Crippen molar-refractivity contribution in [2.45, 2.75) is 38.2 Å². The molecular formula is C11H15NOS. The van der Waals surface area contributed by atoms with E-state index in [0.717, 1.165) is 30.7 Å². The molecule has 1 aliphatic carbocycles. The molecule has 0 saturated heterocycles. The molecule has 1 aromatic rings. The van der Waals surface area contributed by atoms with E-state index >= 15 is 0 Å². The highest BCUT2D eigenvalue weighted by molar-refractivity contribution is 7.09. The first-order valence-electron chi connectivity index (χ1n) is 5.10. The minimum absolute atomic E-state index is 0.229. The van der Waals surface area contributed by atoms with Crippen LogP contribution < -0.4 is 0 Å². The largest absolute Gasteiger partial charge is 0.389 e. The van der Waals surface area contributed by atoms with Crippen LogP contribution in [0.25, 0.3) is 0 Å². The molecule has 0 fully saturated rings. The Hall–Kier alpha value is -0.670. The van der Waals surface area contributed by atoms with Crippen LogP contribution in [0.15, 0.2) is 23.2 Å². The smallest absolute Gasteiger partial charge is 0.0965 e. The molecule has 1 aliphatic rings. The molecule has 0 aliphatic heterocycles. The van der Waals surface area contributed by atoms with Crippen molar-refractivity contribution in [2.75, 3.05) is 0 Å².